The van der Waals surface area contributed by atoms with E-state index in [0.717, 1.165) is 11.3 Å². The Balaban J connectivity index is 2.64. The smallest absolute Gasteiger partial charge is 0.104 e. The second-order valence-corrected chi connectivity index (χ2v) is 3.47. The fraction of sp³-hybridized carbons (Fsp3) is 0.417. The molecule has 1 aromatic heterocycles. The maximum absolute atomic E-state index is 9.96. The molecule has 0 spiro atoms. The third kappa shape index (κ3) is 3.90. The standard InChI is InChI=1S/C12H16N2O2/c1-3-4-12(16-8-7-14-15)11-6-5-10(2)13-9-11/h3,5-6,9,12H,1,4,7-8H2,2H3. The number of pyridine rings is 1. The highest BCUT2D eigenvalue weighted by Gasteiger charge is 2.10. The molecule has 0 radical (unpaired) electrons. The van der Waals surface area contributed by atoms with Crippen molar-refractivity contribution in [1.29, 1.82) is 0 Å². The summed E-state index contributed by atoms with van der Waals surface area (Å²) in [6.45, 7) is 6.12. The fourth-order valence-corrected chi connectivity index (χ4v) is 1.35. The maximum Gasteiger partial charge on any atom is 0.104 e. The Morgan fingerprint density at radius 1 is 1.62 bits per heavy atom. The fourth-order valence-electron chi connectivity index (χ4n) is 1.35. The van der Waals surface area contributed by atoms with Crippen molar-refractivity contribution >= 4 is 0 Å². The van der Waals surface area contributed by atoms with Gasteiger partial charge in [-0.3, -0.25) is 4.98 Å². The summed E-state index contributed by atoms with van der Waals surface area (Å²) < 4.78 is 5.54. The number of hydrogen-bond donors (Lipinski definition) is 0. The predicted molar refractivity (Wildman–Crippen MR) is 63.1 cm³/mol. The lowest BCUT2D eigenvalue weighted by molar-refractivity contribution is 0.0603. The average molecular weight is 220 g/mol. The van der Waals surface area contributed by atoms with Gasteiger partial charge in [-0.15, -0.1) is 6.58 Å². The Morgan fingerprint density at radius 3 is 3.00 bits per heavy atom. The molecule has 0 amide bonds. The molecular formula is C12H16N2O2. The topological polar surface area (TPSA) is 51.5 Å². The Morgan fingerprint density at radius 2 is 2.44 bits per heavy atom. The zero-order valence-electron chi connectivity index (χ0n) is 9.43. The van der Waals surface area contributed by atoms with Crippen molar-refractivity contribution in [2.75, 3.05) is 13.2 Å². The van der Waals surface area contributed by atoms with Gasteiger partial charge < -0.3 is 4.74 Å². The zero-order chi connectivity index (χ0) is 11.8. The van der Waals surface area contributed by atoms with Crippen LogP contribution < -0.4 is 0 Å². The minimum Gasteiger partial charge on any atom is -0.371 e. The van der Waals surface area contributed by atoms with E-state index in [-0.39, 0.29) is 12.6 Å². The lowest BCUT2D eigenvalue weighted by Crippen LogP contribution is -2.07. The molecule has 1 heterocycles. The number of rotatable bonds is 7. The van der Waals surface area contributed by atoms with Gasteiger partial charge in [0.25, 0.3) is 0 Å². The van der Waals surface area contributed by atoms with Crippen LogP contribution in [0.4, 0.5) is 0 Å². The van der Waals surface area contributed by atoms with E-state index in [0.29, 0.717) is 13.0 Å². The molecule has 1 aromatic rings. The summed E-state index contributed by atoms with van der Waals surface area (Å²) in [5, 5.41) is 2.76. The summed E-state index contributed by atoms with van der Waals surface area (Å²) in [6, 6.07) is 3.91. The third-order valence-corrected chi connectivity index (χ3v) is 2.19. The van der Waals surface area contributed by atoms with Gasteiger partial charge in [-0.25, -0.2) is 0 Å². The van der Waals surface area contributed by atoms with Gasteiger partial charge in [0.15, 0.2) is 0 Å². The van der Waals surface area contributed by atoms with E-state index in [1.165, 1.54) is 0 Å². The molecule has 0 aliphatic carbocycles. The van der Waals surface area contributed by atoms with Crippen LogP contribution in [0.5, 0.6) is 0 Å². The lowest BCUT2D eigenvalue weighted by atomic mass is 10.1. The van der Waals surface area contributed by atoms with E-state index >= 15 is 0 Å². The molecule has 0 aliphatic rings. The van der Waals surface area contributed by atoms with Crippen molar-refractivity contribution in [2.45, 2.75) is 19.4 Å². The molecule has 0 aromatic carbocycles. The van der Waals surface area contributed by atoms with Gasteiger partial charge in [0.2, 0.25) is 0 Å². The Bertz CT molecular complexity index is 335. The summed E-state index contributed by atoms with van der Waals surface area (Å²) in [7, 11) is 0. The summed E-state index contributed by atoms with van der Waals surface area (Å²) >= 11 is 0. The monoisotopic (exact) mass is 220 g/mol. The molecule has 0 saturated carbocycles. The number of aromatic nitrogens is 1. The Labute approximate surface area is 95.3 Å². The van der Waals surface area contributed by atoms with E-state index in [9.17, 15) is 4.91 Å². The first-order valence-corrected chi connectivity index (χ1v) is 5.22. The van der Waals surface area contributed by atoms with Crippen LogP contribution in [0.2, 0.25) is 0 Å². The summed E-state index contributed by atoms with van der Waals surface area (Å²) in [6.07, 6.45) is 4.19. The van der Waals surface area contributed by atoms with Crippen molar-refractivity contribution in [2.24, 2.45) is 5.18 Å². The average Bonchev–Trinajstić information content (AvgIpc) is 2.29. The first kappa shape index (κ1) is 12.5. The Hall–Kier alpha value is -1.55. The number of aryl methyl sites for hydroxylation is 1. The van der Waals surface area contributed by atoms with Crippen molar-refractivity contribution < 1.29 is 4.74 Å². The van der Waals surface area contributed by atoms with E-state index < -0.39 is 0 Å². The molecule has 1 rings (SSSR count). The van der Waals surface area contributed by atoms with E-state index in [2.05, 4.69) is 16.7 Å². The molecule has 16 heavy (non-hydrogen) atoms. The normalized spacial score (nSPS) is 12.1. The van der Waals surface area contributed by atoms with E-state index in [4.69, 9.17) is 4.74 Å². The number of ether oxygens (including phenoxy) is 1. The number of nitrogens with zero attached hydrogens (tertiary/aromatic N) is 2. The lowest BCUT2D eigenvalue weighted by Gasteiger charge is -2.15. The quantitative estimate of drug-likeness (QED) is 0.403. The molecular weight excluding hydrogens is 204 g/mol. The van der Waals surface area contributed by atoms with Crippen LogP contribution in [0.15, 0.2) is 36.2 Å². The van der Waals surface area contributed by atoms with Crippen LogP contribution in [-0.2, 0) is 4.74 Å². The summed E-state index contributed by atoms with van der Waals surface area (Å²) in [4.78, 5) is 14.2. The number of nitroso groups, excluding NO2 is 1. The zero-order valence-corrected chi connectivity index (χ0v) is 9.43. The van der Waals surface area contributed by atoms with Crippen molar-refractivity contribution in [3.63, 3.8) is 0 Å². The van der Waals surface area contributed by atoms with Crippen LogP contribution in [0.25, 0.3) is 0 Å². The van der Waals surface area contributed by atoms with Crippen LogP contribution >= 0.6 is 0 Å². The molecule has 0 aliphatic heterocycles. The van der Waals surface area contributed by atoms with Gasteiger partial charge in [-0.2, -0.15) is 4.91 Å². The van der Waals surface area contributed by atoms with Crippen LogP contribution in [0, 0.1) is 11.8 Å². The summed E-state index contributed by atoms with van der Waals surface area (Å²) in [5.74, 6) is 0. The molecule has 0 N–H and O–H groups in total. The third-order valence-electron chi connectivity index (χ3n) is 2.19. The minimum atomic E-state index is -0.0904. The van der Waals surface area contributed by atoms with Gasteiger partial charge in [-0.05, 0) is 25.0 Å². The molecule has 1 atom stereocenters. The van der Waals surface area contributed by atoms with Gasteiger partial charge in [-0.1, -0.05) is 17.3 Å². The first-order valence-electron chi connectivity index (χ1n) is 5.22. The molecule has 0 saturated heterocycles. The molecule has 0 fully saturated rings. The number of hydrogen-bond acceptors (Lipinski definition) is 4. The second kappa shape index (κ2) is 6.85. The largest absolute Gasteiger partial charge is 0.371 e. The van der Waals surface area contributed by atoms with Crippen LogP contribution in [0.3, 0.4) is 0 Å². The van der Waals surface area contributed by atoms with E-state index in [1.807, 2.05) is 19.1 Å². The highest BCUT2D eigenvalue weighted by molar-refractivity contribution is 5.16. The predicted octanol–water partition coefficient (Wildman–Crippen LogP) is 2.79. The van der Waals surface area contributed by atoms with Gasteiger partial charge >= 0.3 is 0 Å². The maximum atomic E-state index is 9.96. The van der Waals surface area contributed by atoms with Gasteiger partial charge in [0.05, 0.1) is 12.7 Å². The SMILES string of the molecule is C=CCC(OCCN=O)c1ccc(C)nc1. The summed E-state index contributed by atoms with van der Waals surface area (Å²) in [5.41, 5.74) is 1.96. The van der Waals surface area contributed by atoms with Gasteiger partial charge in [0, 0.05) is 11.9 Å². The van der Waals surface area contributed by atoms with Crippen LogP contribution in [0.1, 0.15) is 23.8 Å². The van der Waals surface area contributed by atoms with Crippen molar-refractivity contribution in [1.82, 2.24) is 4.98 Å². The molecule has 86 valence electrons. The molecule has 4 heteroatoms. The molecule has 4 nitrogen and oxygen atoms in total. The highest BCUT2D eigenvalue weighted by Crippen LogP contribution is 2.20. The second-order valence-electron chi connectivity index (χ2n) is 3.47. The first-order chi connectivity index (χ1) is 7.77. The molecule has 1 unspecified atom stereocenters. The minimum absolute atomic E-state index is 0.0904. The van der Waals surface area contributed by atoms with E-state index in [1.54, 1.807) is 12.3 Å². The molecule has 0 bridgehead atoms. The van der Waals surface area contributed by atoms with Crippen LogP contribution in [-0.4, -0.2) is 18.1 Å². The van der Waals surface area contributed by atoms with Gasteiger partial charge in [0.1, 0.15) is 6.54 Å². The Kier molecular flexibility index (Phi) is 5.36. The highest BCUT2D eigenvalue weighted by atomic mass is 16.5. The van der Waals surface area contributed by atoms with Crippen molar-refractivity contribution in [3.05, 3.63) is 47.1 Å². The van der Waals surface area contributed by atoms with Crippen molar-refractivity contribution in [3.8, 4) is 0 Å².